The largest absolute Gasteiger partial charge is 0.398 e. The van der Waals surface area contributed by atoms with Crippen LogP contribution in [0.25, 0.3) is 0 Å². The van der Waals surface area contributed by atoms with Crippen LogP contribution in [-0.2, 0) is 0 Å². The summed E-state index contributed by atoms with van der Waals surface area (Å²) in [6.45, 7) is 3.15. The highest BCUT2D eigenvalue weighted by atomic mass is 19.1. The Bertz CT molecular complexity index is 442. The van der Waals surface area contributed by atoms with Gasteiger partial charge in [0.2, 0.25) is 0 Å². The molecule has 1 heterocycles. The molecule has 0 saturated carbocycles. The van der Waals surface area contributed by atoms with Crippen LogP contribution in [0.4, 0.5) is 20.6 Å². The molecule has 0 bridgehead atoms. The van der Waals surface area contributed by atoms with Gasteiger partial charge in [0.25, 0.3) is 0 Å². The summed E-state index contributed by atoms with van der Waals surface area (Å²) in [6, 6.07) is 2.51. The third kappa shape index (κ3) is 2.33. The summed E-state index contributed by atoms with van der Waals surface area (Å²) in [5.74, 6) is -0.454. The minimum atomic E-state index is -0.454. The lowest BCUT2D eigenvalue weighted by Crippen LogP contribution is -2.32. The number of nitrogens with one attached hydrogen (secondary N) is 1. The molecule has 1 saturated heterocycles. The van der Waals surface area contributed by atoms with E-state index in [9.17, 15) is 9.18 Å². The number of likely N-dealkylation sites (tertiary alicyclic amines) is 1. The summed E-state index contributed by atoms with van der Waals surface area (Å²) in [7, 11) is 0. The molecule has 1 aliphatic rings. The van der Waals surface area contributed by atoms with Gasteiger partial charge < -0.3 is 16.0 Å². The van der Waals surface area contributed by atoms with Crippen molar-refractivity contribution in [1.29, 1.82) is 0 Å². The van der Waals surface area contributed by atoms with Crippen molar-refractivity contribution in [2.24, 2.45) is 0 Å². The van der Waals surface area contributed by atoms with E-state index in [1.807, 2.05) is 0 Å². The van der Waals surface area contributed by atoms with E-state index in [4.69, 9.17) is 5.73 Å². The maximum atomic E-state index is 13.6. The summed E-state index contributed by atoms with van der Waals surface area (Å²) in [5, 5.41) is 2.59. The number of carbonyl (C=O) groups is 1. The Morgan fingerprint density at radius 1 is 1.41 bits per heavy atom. The van der Waals surface area contributed by atoms with Crippen LogP contribution in [0, 0.1) is 12.7 Å². The van der Waals surface area contributed by atoms with Gasteiger partial charge in [0, 0.05) is 18.8 Å². The second-order valence-electron chi connectivity index (χ2n) is 4.26. The minimum Gasteiger partial charge on any atom is -0.398 e. The highest BCUT2D eigenvalue weighted by molar-refractivity contribution is 5.91. The van der Waals surface area contributed by atoms with Gasteiger partial charge in [-0.3, -0.25) is 0 Å². The predicted molar refractivity (Wildman–Crippen MR) is 65.4 cm³/mol. The summed E-state index contributed by atoms with van der Waals surface area (Å²) in [4.78, 5) is 13.5. The Morgan fingerprint density at radius 2 is 2.06 bits per heavy atom. The molecule has 0 radical (unpaired) electrons. The molecule has 0 aliphatic carbocycles. The van der Waals surface area contributed by atoms with Gasteiger partial charge in [-0.1, -0.05) is 0 Å². The van der Waals surface area contributed by atoms with Crippen LogP contribution in [0.3, 0.4) is 0 Å². The smallest absolute Gasteiger partial charge is 0.321 e. The summed E-state index contributed by atoms with van der Waals surface area (Å²) >= 11 is 0. The van der Waals surface area contributed by atoms with Crippen LogP contribution in [-0.4, -0.2) is 24.0 Å². The number of rotatable bonds is 1. The lowest BCUT2D eigenvalue weighted by molar-refractivity contribution is 0.222. The highest BCUT2D eigenvalue weighted by Gasteiger charge is 2.20. The summed E-state index contributed by atoms with van der Waals surface area (Å²) in [6.07, 6.45) is 2.01. The van der Waals surface area contributed by atoms with E-state index in [1.165, 1.54) is 12.1 Å². The maximum Gasteiger partial charge on any atom is 0.321 e. The van der Waals surface area contributed by atoms with Crippen LogP contribution in [0.5, 0.6) is 0 Å². The van der Waals surface area contributed by atoms with Crippen molar-refractivity contribution in [3.63, 3.8) is 0 Å². The highest BCUT2D eigenvalue weighted by Crippen LogP contribution is 2.25. The first-order valence-corrected chi connectivity index (χ1v) is 5.70. The standard InChI is InChI=1S/C12H16FN3O/c1-8-10(14)5-4-9(13)11(8)15-12(17)16-6-2-3-7-16/h4-5H,2-3,6-7,14H2,1H3,(H,15,17). The van der Waals surface area contributed by atoms with E-state index >= 15 is 0 Å². The van der Waals surface area contributed by atoms with Crippen LogP contribution in [0.1, 0.15) is 18.4 Å². The van der Waals surface area contributed by atoms with E-state index in [2.05, 4.69) is 5.32 Å². The third-order valence-corrected chi connectivity index (χ3v) is 3.08. The second-order valence-corrected chi connectivity index (χ2v) is 4.26. The zero-order chi connectivity index (χ0) is 12.4. The molecule has 5 heteroatoms. The molecule has 0 spiro atoms. The molecular weight excluding hydrogens is 221 g/mol. The SMILES string of the molecule is Cc1c(N)ccc(F)c1NC(=O)N1CCCC1. The van der Waals surface area contributed by atoms with Crippen LogP contribution >= 0.6 is 0 Å². The van der Waals surface area contributed by atoms with Crippen molar-refractivity contribution in [3.05, 3.63) is 23.5 Å². The van der Waals surface area contributed by atoms with Crippen LogP contribution in [0.15, 0.2) is 12.1 Å². The lowest BCUT2D eigenvalue weighted by atomic mass is 10.1. The minimum absolute atomic E-state index is 0.182. The van der Waals surface area contributed by atoms with E-state index < -0.39 is 5.82 Å². The topological polar surface area (TPSA) is 58.4 Å². The quantitative estimate of drug-likeness (QED) is 0.736. The first kappa shape index (κ1) is 11.7. The Balaban J connectivity index is 2.17. The molecule has 92 valence electrons. The molecule has 1 aromatic carbocycles. The van der Waals surface area contributed by atoms with Crippen molar-refractivity contribution in [2.75, 3.05) is 24.1 Å². The zero-order valence-electron chi connectivity index (χ0n) is 9.79. The molecule has 2 amide bonds. The number of amides is 2. The molecule has 0 aromatic heterocycles. The maximum absolute atomic E-state index is 13.6. The molecule has 4 nitrogen and oxygen atoms in total. The van der Waals surface area contributed by atoms with Gasteiger partial charge in [0.15, 0.2) is 0 Å². The van der Waals surface area contributed by atoms with Crippen LogP contribution in [0.2, 0.25) is 0 Å². The van der Waals surface area contributed by atoms with Gasteiger partial charge in [0.1, 0.15) is 5.82 Å². The van der Waals surface area contributed by atoms with Crippen molar-refractivity contribution in [1.82, 2.24) is 4.90 Å². The Morgan fingerprint density at radius 3 is 2.71 bits per heavy atom. The fraction of sp³-hybridized carbons (Fsp3) is 0.417. The molecule has 3 N–H and O–H groups in total. The van der Waals surface area contributed by atoms with Crippen LogP contribution < -0.4 is 11.1 Å². The number of anilines is 2. The summed E-state index contributed by atoms with van der Waals surface area (Å²) < 4.78 is 13.6. The number of halogens is 1. The average molecular weight is 237 g/mol. The van der Waals surface area contributed by atoms with E-state index in [1.54, 1.807) is 11.8 Å². The van der Waals surface area contributed by atoms with E-state index in [0.717, 1.165) is 25.9 Å². The zero-order valence-corrected chi connectivity index (χ0v) is 9.79. The molecule has 1 aliphatic heterocycles. The first-order valence-electron chi connectivity index (χ1n) is 5.70. The number of benzene rings is 1. The number of nitrogens with two attached hydrogens (primary N) is 1. The van der Waals surface area contributed by atoms with Gasteiger partial charge in [0.05, 0.1) is 5.69 Å². The van der Waals surface area contributed by atoms with Crippen molar-refractivity contribution in [2.45, 2.75) is 19.8 Å². The third-order valence-electron chi connectivity index (χ3n) is 3.08. The Kier molecular flexibility index (Phi) is 3.17. The van der Waals surface area contributed by atoms with E-state index in [0.29, 0.717) is 11.3 Å². The Labute approximate surface area is 99.6 Å². The first-order chi connectivity index (χ1) is 8.09. The molecule has 17 heavy (non-hydrogen) atoms. The average Bonchev–Trinajstić information content (AvgIpc) is 2.83. The molecular formula is C12H16FN3O. The van der Waals surface area contributed by atoms with Crippen molar-refractivity contribution in [3.8, 4) is 0 Å². The van der Waals surface area contributed by atoms with Gasteiger partial charge >= 0.3 is 6.03 Å². The van der Waals surface area contributed by atoms with E-state index in [-0.39, 0.29) is 11.7 Å². The number of urea groups is 1. The lowest BCUT2D eigenvalue weighted by Gasteiger charge is -2.18. The predicted octanol–water partition coefficient (Wildman–Crippen LogP) is 2.34. The monoisotopic (exact) mass is 237 g/mol. The molecule has 0 atom stereocenters. The number of nitrogen functional groups attached to an aromatic ring is 1. The number of hydrogen-bond acceptors (Lipinski definition) is 2. The molecule has 1 fully saturated rings. The molecule has 0 unspecified atom stereocenters. The van der Waals surface area contributed by atoms with Gasteiger partial charge in [-0.2, -0.15) is 0 Å². The summed E-state index contributed by atoms with van der Waals surface area (Å²) in [5.41, 5.74) is 6.91. The molecule has 2 rings (SSSR count). The number of nitrogens with zero attached hydrogens (tertiary/aromatic N) is 1. The van der Waals surface area contributed by atoms with Gasteiger partial charge in [-0.25, -0.2) is 9.18 Å². The van der Waals surface area contributed by atoms with Gasteiger partial charge in [-0.05, 0) is 37.5 Å². The fourth-order valence-electron chi connectivity index (χ4n) is 1.95. The second kappa shape index (κ2) is 4.61. The fourth-order valence-corrected chi connectivity index (χ4v) is 1.95. The number of carbonyl (C=O) groups excluding carboxylic acids is 1. The van der Waals surface area contributed by atoms with Gasteiger partial charge in [-0.15, -0.1) is 0 Å². The Hall–Kier alpha value is -1.78. The molecule has 1 aromatic rings. The normalized spacial score (nSPS) is 15.1. The van der Waals surface area contributed by atoms with Crippen molar-refractivity contribution >= 4 is 17.4 Å². The number of hydrogen-bond donors (Lipinski definition) is 2. The van der Waals surface area contributed by atoms with Crippen molar-refractivity contribution < 1.29 is 9.18 Å².